The van der Waals surface area contributed by atoms with Crippen LogP contribution in [0.25, 0.3) is 0 Å². The number of esters is 1. The van der Waals surface area contributed by atoms with Gasteiger partial charge in [0.25, 0.3) is 0 Å². The molecule has 0 aliphatic carbocycles. The zero-order chi connectivity index (χ0) is 16.0. The Morgan fingerprint density at radius 1 is 1.26 bits per heavy atom. The van der Waals surface area contributed by atoms with Gasteiger partial charge in [0.05, 0.1) is 12.6 Å². The third-order valence-corrected chi connectivity index (χ3v) is 3.82. The zero-order valence-electron chi connectivity index (χ0n) is 13.4. The summed E-state index contributed by atoms with van der Waals surface area (Å²) >= 11 is 0. The van der Waals surface area contributed by atoms with E-state index in [0.717, 1.165) is 25.8 Å². The highest BCUT2D eigenvalue weighted by Gasteiger charge is 2.34. The van der Waals surface area contributed by atoms with E-state index >= 15 is 0 Å². The van der Waals surface area contributed by atoms with Gasteiger partial charge in [0, 0.05) is 5.69 Å². The minimum Gasteiger partial charge on any atom is -0.482 e. The average Bonchev–Trinajstić information content (AvgIpc) is 2.54. The van der Waals surface area contributed by atoms with Crippen molar-refractivity contribution >= 4 is 30.0 Å². The van der Waals surface area contributed by atoms with E-state index in [0.29, 0.717) is 11.4 Å². The Labute approximate surface area is 142 Å². The molecule has 1 heterocycles. The number of piperidine rings is 1. The Morgan fingerprint density at radius 3 is 2.52 bits per heavy atom. The molecule has 0 radical (unpaired) electrons. The van der Waals surface area contributed by atoms with Gasteiger partial charge in [-0.15, -0.1) is 12.4 Å². The molecule has 1 aliphatic rings. The maximum Gasteiger partial charge on any atom is 0.343 e. The van der Waals surface area contributed by atoms with Crippen LogP contribution >= 0.6 is 12.4 Å². The van der Waals surface area contributed by atoms with Gasteiger partial charge in [0.15, 0.2) is 6.61 Å². The molecule has 1 aromatic rings. The first-order chi connectivity index (χ1) is 10.5. The summed E-state index contributed by atoms with van der Waals surface area (Å²) in [4.78, 5) is 23.4. The number of benzene rings is 1. The van der Waals surface area contributed by atoms with Crippen molar-refractivity contribution < 1.29 is 19.1 Å². The predicted octanol–water partition coefficient (Wildman–Crippen LogP) is 2.13. The van der Waals surface area contributed by atoms with Gasteiger partial charge >= 0.3 is 5.97 Å². The first kappa shape index (κ1) is 19.3. The van der Waals surface area contributed by atoms with Crippen LogP contribution in [0, 0.1) is 0 Å². The fraction of sp³-hybridized carbons (Fsp3) is 0.500. The molecule has 0 spiro atoms. The Balaban J connectivity index is 0.00000264. The number of hydrogen-bond donors (Lipinski definition) is 2. The van der Waals surface area contributed by atoms with Crippen molar-refractivity contribution in [1.29, 1.82) is 0 Å². The lowest BCUT2D eigenvalue weighted by Crippen LogP contribution is -2.54. The monoisotopic (exact) mass is 342 g/mol. The number of ether oxygens (including phenoxy) is 2. The number of amides is 1. The van der Waals surface area contributed by atoms with Crippen LogP contribution in [0.4, 0.5) is 5.69 Å². The normalized spacial score (nSPS) is 20.1. The number of carbonyl (C=O) groups excluding carboxylic acids is 2. The van der Waals surface area contributed by atoms with Crippen LogP contribution in [0.2, 0.25) is 0 Å². The van der Waals surface area contributed by atoms with Crippen LogP contribution in [0.15, 0.2) is 24.3 Å². The molecule has 1 fully saturated rings. The lowest BCUT2D eigenvalue weighted by Gasteiger charge is -2.33. The first-order valence-electron chi connectivity index (χ1n) is 7.40. The minimum absolute atomic E-state index is 0. The van der Waals surface area contributed by atoms with Crippen LogP contribution in [0.5, 0.6) is 5.75 Å². The highest BCUT2D eigenvalue weighted by molar-refractivity contribution is 5.97. The van der Waals surface area contributed by atoms with Gasteiger partial charge in [-0.05, 0) is 57.0 Å². The predicted molar refractivity (Wildman–Crippen MR) is 90.1 cm³/mol. The summed E-state index contributed by atoms with van der Waals surface area (Å²) in [6.07, 6.45) is 2.99. The lowest BCUT2D eigenvalue weighted by molar-refractivity contribution is -0.142. The lowest BCUT2D eigenvalue weighted by atomic mass is 9.90. The number of anilines is 1. The topological polar surface area (TPSA) is 76.7 Å². The van der Waals surface area contributed by atoms with E-state index in [1.54, 1.807) is 24.3 Å². The quantitative estimate of drug-likeness (QED) is 0.802. The summed E-state index contributed by atoms with van der Waals surface area (Å²) in [7, 11) is 1.31. The SMILES string of the molecule is COC(=O)COc1ccc(NC(=O)C2(C)CCCCN2)cc1.Cl. The van der Waals surface area contributed by atoms with E-state index in [-0.39, 0.29) is 24.9 Å². The van der Waals surface area contributed by atoms with Gasteiger partial charge in [0.2, 0.25) is 5.91 Å². The molecule has 1 amide bonds. The van der Waals surface area contributed by atoms with Crippen LogP contribution in [0.3, 0.4) is 0 Å². The fourth-order valence-electron chi connectivity index (χ4n) is 2.35. The van der Waals surface area contributed by atoms with E-state index < -0.39 is 11.5 Å². The Bertz CT molecular complexity index is 527. The fourth-order valence-corrected chi connectivity index (χ4v) is 2.35. The largest absolute Gasteiger partial charge is 0.482 e. The summed E-state index contributed by atoms with van der Waals surface area (Å²) in [5.41, 5.74) is 0.183. The molecule has 1 aliphatic heterocycles. The number of rotatable bonds is 5. The first-order valence-corrected chi connectivity index (χ1v) is 7.40. The summed E-state index contributed by atoms with van der Waals surface area (Å²) in [5, 5.41) is 6.18. The van der Waals surface area contributed by atoms with E-state index in [1.165, 1.54) is 7.11 Å². The van der Waals surface area contributed by atoms with Gasteiger partial charge in [-0.1, -0.05) is 0 Å². The standard InChI is InChI=1S/C16H22N2O4.ClH/c1-16(9-3-4-10-17-16)15(20)18-12-5-7-13(8-6-12)22-11-14(19)21-2;/h5-8,17H,3-4,9-11H2,1-2H3,(H,18,20);1H. The molecule has 0 bridgehead atoms. The van der Waals surface area contributed by atoms with Crippen molar-refractivity contribution in [3.05, 3.63) is 24.3 Å². The van der Waals surface area contributed by atoms with E-state index in [9.17, 15) is 9.59 Å². The third-order valence-electron chi connectivity index (χ3n) is 3.82. The second kappa shape index (κ2) is 8.74. The van der Waals surface area contributed by atoms with Crippen molar-refractivity contribution in [3.8, 4) is 5.75 Å². The van der Waals surface area contributed by atoms with Crippen LogP contribution < -0.4 is 15.4 Å². The van der Waals surface area contributed by atoms with Crippen LogP contribution in [0.1, 0.15) is 26.2 Å². The zero-order valence-corrected chi connectivity index (χ0v) is 14.2. The molecule has 1 unspecified atom stereocenters. The minimum atomic E-state index is -0.516. The van der Waals surface area contributed by atoms with Gasteiger partial charge in [0.1, 0.15) is 5.75 Å². The van der Waals surface area contributed by atoms with Crippen molar-refractivity contribution in [3.63, 3.8) is 0 Å². The van der Waals surface area contributed by atoms with Crippen molar-refractivity contribution in [2.24, 2.45) is 0 Å². The number of halogens is 1. The van der Waals surface area contributed by atoms with Gasteiger partial charge < -0.3 is 20.1 Å². The highest BCUT2D eigenvalue weighted by atomic mass is 35.5. The number of nitrogens with one attached hydrogen (secondary N) is 2. The van der Waals surface area contributed by atoms with E-state index in [2.05, 4.69) is 15.4 Å². The third kappa shape index (κ3) is 5.41. The maximum atomic E-state index is 12.4. The van der Waals surface area contributed by atoms with Crippen LogP contribution in [-0.4, -0.2) is 37.7 Å². The molecule has 7 heteroatoms. The average molecular weight is 343 g/mol. The molecule has 128 valence electrons. The molecule has 1 saturated heterocycles. The van der Waals surface area contributed by atoms with E-state index in [1.807, 2.05) is 6.92 Å². The van der Waals surface area contributed by atoms with Crippen LogP contribution in [-0.2, 0) is 14.3 Å². The summed E-state index contributed by atoms with van der Waals surface area (Å²) in [5.74, 6) is 0.0782. The second-order valence-corrected chi connectivity index (χ2v) is 5.56. The summed E-state index contributed by atoms with van der Waals surface area (Å²) in [6, 6.07) is 6.90. The number of methoxy groups -OCH3 is 1. The second-order valence-electron chi connectivity index (χ2n) is 5.56. The van der Waals surface area contributed by atoms with Gasteiger partial charge in [-0.25, -0.2) is 4.79 Å². The maximum absolute atomic E-state index is 12.4. The number of carbonyl (C=O) groups is 2. The molecule has 6 nitrogen and oxygen atoms in total. The molecular formula is C16H23ClN2O4. The molecule has 0 saturated carbocycles. The molecular weight excluding hydrogens is 320 g/mol. The van der Waals surface area contributed by atoms with Crippen molar-refractivity contribution in [1.82, 2.24) is 5.32 Å². The van der Waals surface area contributed by atoms with E-state index in [4.69, 9.17) is 4.74 Å². The smallest absolute Gasteiger partial charge is 0.343 e. The van der Waals surface area contributed by atoms with Crippen molar-refractivity contribution in [2.75, 3.05) is 25.6 Å². The Hall–Kier alpha value is -1.79. The van der Waals surface area contributed by atoms with Crippen molar-refractivity contribution in [2.45, 2.75) is 31.7 Å². The molecule has 2 rings (SSSR count). The highest BCUT2D eigenvalue weighted by Crippen LogP contribution is 2.22. The molecule has 0 aromatic heterocycles. The summed E-state index contributed by atoms with van der Waals surface area (Å²) in [6.45, 7) is 2.66. The molecule has 2 N–H and O–H groups in total. The molecule has 23 heavy (non-hydrogen) atoms. The Morgan fingerprint density at radius 2 is 1.96 bits per heavy atom. The Kier molecular flexibility index (Phi) is 7.32. The summed E-state index contributed by atoms with van der Waals surface area (Å²) < 4.78 is 9.75. The van der Waals surface area contributed by atoms with Gasteiger partial charge in [-0.3, -0.25) is 4.79 Å². The number of hydrogen-bond acceptors (Lipinski definition) is 5. The molecule has 1 aromatic carbocycles. The molecule has 1 atom stereocenters. The van der Waals surface area contributed by atoms with Gasteiger partial charge in [-0.2, -0.15) is 0 Å².